The molecule has 0 heterocycles. The zero-order valence-corrected chi connectivity index (χ0v) is 7.84. The summed E-state index contributed by atoms with van der Waals surface area (Å²) < 4.78 is 0. The highest BCUT2D eigenvalue weighted by Gasteiger charge is 1.87. The highest BCUT2D eigenvalue weighted by Crippen LogP contribution is 2.08. The Kier molecular flexibility index (Phi) is 3.37. The molecule has 0 aromatic heterocycles. The Morgan fingerprint density at radius 1 is 1.27 bits per heavy atom. The van der Waals surface area contributed by atoms with Crippen LogP contribution in [-0.4, -0.2) is 0 Å². The summed E-state index contributed by atoms with van der Waals surface area (Å²) in [5, 5.41) is 0.918. The molecule has 1 aromatic rings. The molecule has 0 N–H and O–H groups in total. The average molecular weight is 210 g/mol. The summed E-state index contributed by atoms with van der Waals surface area (Å²) >= 11 is 3.39. The maximum Gasteiger partial charge on any atom is 0.0283 e. The van der Waals surface area contributed by atoms with Gasteiger partial charge in [0.15, 0.2) is 0 Å². The molecular weight excluding hydrogens is 200 g/mol. The van der Waals surface area contributed by atoms with Crippen molar-refractivity contribution >= 4 is 22.0 Å². The van der Waals surface area contributed by atoms with Gasteiger partial charge in [-0.05, 0) is 18.1 Å². The smallest absolute Gasteiger partial charge is 0.0283 e. The van der Waals surface area contributed by atoms with E-state index in [1.54, 1.807) is 6.08 Å². The van der Waals surface area contributed by atoms with Crippen molar-refractivity contribution < 1.29 is 0 Å². The molecule has 0 atom stereocenters. The molecule has 0 saturated heterocycles. The Bertz CT molecular complexity index is 234. The normalized spacial score (nSPS) is 10.7. The predicted molar refractivity (Wildman–Crippen MR) is 53.5 cm³/mol. The van der Waals surface area contributed by atoms with Gasteiger partial charge in [-0.2, -0.15) is 0 Å². The summed E-state index contributed by atoms with van der Waals surface area (Å²) in [5.74, 6) is 0. The molecule has 0 aliphatic rings. The van der Waals surface area contributed by atoms with E-state index in [4.69, 9.17) is 0 Å². The molecule has 0 amide bonds. The SMILES string of the molecule is [CH2]/C=C/c1ccc(CBr)cc1. The minimum Gasteiger partial charge on any atom is -0.0876 e. The van der Waals surface area contributed by atoms with Crippen molar-refractivity contribution in [1.29, 1.82) is 0 Å². The third-order valence-corrected chi connectivity index (χ3v) is 2.09. The first-order valence-corrected chi connectivity index (χ1v) is 4.59. The lowest BCUT2D eigenvalue weighted by Gasteiger charge is -1.95. The van der Waals surface area contributed by atoms with Gasteiger partial charge < -0.3 is 0 Å². The number of hydrogen-bond donors (Lipinski definition) is 0. The summed E-state index contributed by atoms with van der Waals surface area (Å²) in [6.07, 6.45) is 3.78. The van der Waals surface area contributed by atoms with E-state index in [-0.39, 0.29) is 0 Å². The third-order valence-electron chi connectivity index (χ3n) is 1.44. The van der Waals surface area contributed by atoms with E-state index < -0.39 is 0 Å². The van der Waals surface area contributed by atoms with Gasteiger partial charge in [-0.25, -0.2) is 0 Å². The van der Waals surface area contributed by atoms with Crippen molar-refractivity contribution in [1.82, 2.24) is 0 Å². The molecule has 57 valence electrons. The molecule has 1 radical (unpaired) electrons. The highest BCUT2D eigenvalue weighted by atomic mass is 79.9. The quantitative estimate of drug-likeness (QED) is 0.656. The Labute approximate surface area is 76.1 Å². The fraction of sp³-hybridized carbons (Fsp3) is 0.100. The van der Waals surface area contributed by atoms with E-state index in [1.807, 2.05) is 6.08 Å². The lowest BCUT2D eigenvalue weighted by molar-refractivity contribution is 1.43. The average Bonchev–Trinajstić information content (AvgIpc) is 2.07. The van der Waals surface area contributed by atoms with E-state index in [0.717, 1.165) is 5.33 Å². The molecule has 1 heteroatoms. The topological polar surface area (TPSA) is 0 Å². The van der Waals surface area contributed by atoms with Crippen LogP contribution in [0.2, 0.25) is 0 Å². The molecule has 0 aliphatic carbocycles. The molecule has 0 unspecified atom stereocenters. The van der Waals surface area contributed by atoms with Crippen molar-refractivity contribution in [3.05, 3.63) is 48.4 Å². The molecular formula is C10H10Br. The molecule has 0 spiro atoms. The van der Waals surface area contributed by atoms with E-state index in [2.05, 4.69) is 47.1 Å². The standard InChI is InChI=1S/C10H10Br/c1-2-3-9-4-6-10(8-11)7-5-9/h2-7H,1,8H2/b3-2+. The molecule has 1 aromatic carbocycles. The molecule has 1 rings (SSSR count). The Hall–Kier alpha value is -0.560. The molecule has 0 saturated carbocycles. The molecule has 0 nitrogen and oxygen atoms in total. The number of rotatable bonds is 2. The minimum absolute atomic E-state index is 0.918. The number of allylic oxidation sites excluding steroid dienone is 1. The van der Waals surface area contributed by atoms with Gasteiger partial charge in [-0.3, -0.25) is 0 Å². The zero-order valence-electron chi connectivity index (χ0n) is 6.26. The van der Waals surface area contributed by atoms with Crippen molar-refractivity contribution in [2.24, 2.45) is 0 Å². The summed E-state index contributed by atoms with van der Waals surface area (Å²) in [6.45, 7) is 3.63. The van der Waals surface area contributed by atoms with E-state index in [9.17, 15) is 0 Å². The van der Waals surface area contributed by atoms with E-state index in [1.165, 1.54) is 11.1 Å². The Morgan fingerprint density at radius 3 is 2.36 bits per heavy atom. The summed E-state index contributed by atoms with van der Waals surface area (Å²) in [7, 11) is 0. The minimum atomic E-state index is 0.918. The van der Waals surface area contributed by atoms with Crippen molar-refractivity contribution in [3.8, 4) is 0 Å². The van der Waals surface area contributed by atoms with Crippen LogP contribution in [0.3, 0.4) is 0 Å². The van der Waals surface area contributed by atoms with Crippen LogP contribution < -0.4 is 0 Å². The van der Waals surface area contributed by atoms with E-state index >= 15 is 0 Å². The van der Waals surface area contributed by atoms with Crippen LogP contribution >= 0.6 is 15.9 Å². The Balaban J connectivity index is 2.82. The zero-order chi connectivity index (χ0) is 8.10. The largest absolute Gasteiger partial charge is 0.0876 e. The predicted octanol–water partition coefficient (Wildman–Crippen LogP) is 3.43. The first-order valence-electron chi connectivity index (χ1n) is 3.47. The van der Waals surface area contributed by atoms with Crippen LogP contribution in [0.15, 0.2) is 30.3 Å². The summed E-state index contributed by atoms with van der Waals surface area (Å²) in [6, 6.07) is 8.37. The first-order chi connectivity index (χ1) is 5.36. The van der Waals surface area contributed by atoms with Gasteiger partial charge >= 0.3 is 0 Å². The lowest BCUT2D eigenvalue weighted by atomic mass is 10.1. The second kappa shape index (κ2) is 4.35. The van der Waals surface area contributed by atoms with Gasteiger partial charge in [0.05, 0.1) is 0 Å². The van der Waals surface area contributed by atoms with Crippen LogP contribution in [0.4, 0.5) is 0 Å². The summed E-state index contributed by atoms with van der Waals surface area (Å²) in [4.78, 5) is 0. The van der Waals surface area contributed by atoms with Gasteiger partial charge in [-0.15, -0.1) is 0 Å². The van der Waals surface area contributed by atoms with Crippen LogP contribution in [0.1, 0.15) is 11.1 Å². The number of halogens is 1. The van der Waals surface area contributed by atoms with Gasteiger partial charge in [0.25, 0.3) is 0 Å². The molecule has 0 bridgehead atoms. The number of benzene rings is 1. The van der Waals surface area contributed by atoms with Gasteiger partial charge in [0.1, 0.15) is 0 Å². The van der Waals surface area contributed by atoms with Crippen molar-refractivity contribution in [2.45, 2.75) is 5.33 Å². The van der Waals surface area contributed by atoms with E-state index in [0.29, 0.717) is 0 Å². The maximum absolute atomic E-state index is 3.63. The number of alkyl halides is 1. The lowest BCUT2D eigenvalue weighted by Crippen LogP contribution is -1.76. The second-order valence-electron chi connectivity index (χ2n) is 2.28. The molecule has 11 heavy (non-hydrogen) atoms. The fourth-order valence-electron chi connectivity index (χ4n) is 0.854. The van der Waals surface area contributed by atoms with Crippen molar-refractivity contribution in [3.63, 3.8) is 0 Å². The molecule has 0 aliphatic heterocycles. The second-order valence-corrected chi connectivity index (χ2v) is 2.84. The van der Waals surface area contributed by atoms with Gasteiger partial charge in [-0.1, -0.05) is 52.3 Å². The van der Waals surface area contributed by atoms with Crippen LogP contribution in [0.25, 0.3) is 6.08 Å². The van der Waals surface area contributed by atoms with Gasteiger partial charge in [0, 0.05) is 5.33 Å². The summed E-state index contributed by atoms with van der Waals surface area (Å²) in [5.41, 5.74) is 2.50. The fourth-order valence-corrected chi connectivity index (χ4v) is 1.23. The van der Waals surface area contributed by atoms with Gasteiger partial charge in [0.2, 0.25) is 0 Å². The monoisotopic (exact) mass is 209 g/mol. The Morgan fingerprint density at radius 2 is 1.91 bits per heavy atom. The number of hydrogen-bond acceptors (Lipinski definition) is 0. The van der Waals surface area contributed by atoms with Crippen LogP contribution in [-0.2, 0) is 5.33 Å². The maximum atomic E-state index is 3.63. The third kappa shape index (κ3) is 2.51. The van der Waals surface area contributed by atoms with Crippen molar-refractivity contribution in [2.75, 3.05) is 0 Å². The van der Waals surface area contributed by atoms with Crippen LogP contribution in [0.5, 0.6) is 0 Å². The highest BCUT2D eigenvalue weighted by molar-refractivity contribution is 9.08. The van der Waals surface area contributed by atoms with Crippen LogP contribution in [0, 0.1) is 6.92 Å². The molecule has 0 fully saturated rings. The first kappa shape index (κ1) is 8.54.